The first-order chi connectivity index (χ1) is 17.3. The summed E-state index contributed by atoms with van der Waals surface area (Å²) in [6, 6.07) is 22.3. The first-order valence-electron chi connectivity index (χ1n) is 11.8. The highest BCUT2D eigenvalue weighted by Crippen LogP contribution is 2.41. The molecule has 8 heteroatoms. The second kappa shape index (κ2) is 9.28. The largest absolute Gasteiger partial charge is 0.483 e. The van der Waals surface area contributed by atoms with Crippen molar-refractivity contribution in [3.8, 4) is 22.4 Å². The van der Waals surface area contributed by atoms with E-state index in [0.29, 0.717) is 5.82 Å². The number of rotatable bonds is 4. The first kappa shape index (κ1) is 23.8. The Bertz CT molecular complexity index is 1380. The lowest BCUT2D eigenvalue weighted by Crippen LogP contribution is -2.56. The van der Waals surface area contributed by atoms with Gasteiger partial charge in [0.1, 0.15) is 5.82 Å². The zero-order chi connectivity index (χ0) is 25.3. The van der Waals surface area contributed by atoms with Gasteiger partial charge in [-0.25, -0.2) is 18.7 Å². The molecule has 1 aliphatic carbocycles. The molecule has 0 spiro atoms. The summed E-state index contributed by atoms with van der Waals surface area (Å²) in [4.78, 5) is 19.4. The molecular formula is C28H26F2N4O2. The molecule has 3 N–H and O–H groups in total. The summed E-state index contributed by atoms with van der Waals surface area (Å²) < 4.78 is 27.1. The van der Waals surface area contributed by atoms with Gasteiger partial charge in [-0.05, 0) is 42.5 Å². The van der Waals surface area contributed by atoms with Gasteiger partial charge in [0.15, 0.2) is 0 Å². The van der Waals surface area contributed by atoms with Crippen molar-refractivity contribution in [3.63, 3.8) is 0 Å². The van der Waals surface area contributed by atoms with Gasteiger partial charge in [-0.1, -0.05) is 54.6 Å². The third kappa shape index (κ3) is 4.40. The number of aromatic nitrogens is 2. The number of carboxylic acid groups (broad SMARTS) is 1. The maximum Gasteiger partial charge on any atom is 0.290 e. The Kier molecular flexibility index (Phi) is 6.14. The Labute approximate surface area is 207 Å². The van der Waals surface area contributed by atoms with Crippen molar-refractivity contribution in [2.45, 2.75) is 30.7 Å². The maximum atomic E-state index is 13.6. The SMILES string of the molecule is NC1(c2ccc(-c3nc4ccnc(N5CC(F)(F)C5)c4cc3-c3ccccc3)cc2)CCC1.O=CO. The Balaban J connectivity index is 0.000000848. The fourth-order valence-electron chi connectivity index (χ4n) is 4.86. The van der Waals surface area contributed by atoms with Crippen LogP contribution in [-0.4, -0.2) is 40.6 Å². The number of hydrogen-bond acceptors (Lipinski definition) is 5. The highest BCUT2D eigenvalue weighted by atomic mass is 19.3. The molecule has 36 heavy (non-hydrogen) atoms. The summed E-state index contributed by atoms with van der Waals surface area (Å²) >= 11 is 0. The van der Waals surface area contributed by atoms with Gasteiger partial charge in [-0.15, -0.1) is 0 Å². The Hall–Kier alpha value is -3.91. The van der Waals surface area contributed by atoms with Crippen LogP contribution in [0.4, 0.5) is 14.6 Å². The molecule has 0 amide bonds. The van der Waals surface area contributed by atoms with Crippen LogP contribution < -0.4 is 10.6 Å². The molecule has 6 nitrogen and oxygen atoms in total. The molecule has 2 aromatic carbocycles. The molecule has 1 saturated heterocycles. The Morgan fingerprint density at radius 3 is 2.22 bits per heavy atom. The fraction of sp³-hybridized carbons (Fsp3) is 0.250. The van der Waals surface area contributed by atoms with Crippen LogP contribution in [0, 0.1) is 0 Å². The van der Waals surface area contributed by atoms with Crippen LogP contribution >= 0.6 is 0 Å². The predicted octanol–water partition coefficient (Wildman–Crippen LogP) is 5.46. The summed E-state index contributed by atoms with van der Waals surface area (Å²) in [7, 11) is 0. The smallest absolute Gasteiger partial charge is 0.290 e. The van der Waals surface area contributed by atoms with E-state index in [1.807, 2.05) is 42.5 Å². The summed E-state index contributed by atoms with van der Waals surface area (Å²) in [5, 5.41) is 7.67. The van der Waals surface area contributed by atoms with E-state index in [4.69, 9.17) is 20.6 Å². The van der Waals surface area contributed by atoms with Crippen LogP contribution in [0.2, 0.25) is 0 Å². The van der Waals surface area contributed by atoms with Gasteiger partial charge in [0.2, 0.25) is 0 Å². The molecule has 3 heterocycles. The monoisotopic (exact) mass is 488 g/mol. The van der Waals surface area contributed by atoms with Gasteiger partial charge >= 0.3 is 0 Å². The number of hydrogen-bond donors (Lipinski definition) is 2. The number of carbonyl (C=O) groups is 1. The van der Waals surface area contributed by atoms with E-state index in [0.717, 1.165) is 51.7 Å². The van der Waals surface area contributed by atoms with E-state index in [-0.39, 0.29) is 25.1 Å². The number of alkyl halides is 2. The van der Waals surface area contributed by atoms with E-state index in [9.17, 15) is 8.78 Å². The van der Waals surface area contributed by atoms with Crippen molar-refractivity contribution < 1.29 is 18.7 Å². The lowest BCUT2D eigenvalue weighted by molar-refractivity contribution is -0.122. The standard InChI is InChI=1S/C27H24F2N4.CH2O2/c28-27(29)16-33(17-27)25-22-15-21(18-5-2-1-3-6-18)24(32-23(22)11-14-31-25)19-7-9-20(10-8-19)26(30)12-4-13-26;2-1-3/h1-3,5-11,14-15H,4,12-13,16-17,30H2;1H,(H,2,3). The molecule has 2 aromatic heterocycles. The van der Waals surface area contributed by atoms with Crippen molar-refractivity contribution in [1.82, 2.24) is 9.97 Å². The number of anilines is 1. The van der Waals surface area contributed by atoms with Gasteiger partial charge in [-0.2, -0.15) is 0 Å². The first-order valence-corrected chi connectivity index (χ1v) is 11.8. The van der Waals surface area contributed by atoms with Crippen LogP contribution in [-0.2, 0) is 10.3 Å². The topological polar surface area (TPSA) is 92.3 Å². The number of fused-ring (bicyclic) bond motifs is 1. The van der Waals surface area contributed by atoms with Gasteiger partial charge in [0.05, 0.1) is 24.3 Å². The number of halogens is 2. The molecule has 2 fully saturated rings. The lowest BCUT2D eigenvalue weighted by Gasteiger charge is -2.40. The van der Waals surface area contributed by atoms with Crippen molar-refractivity contribution in [2.24, 2.45) is 5.73 Å². The summed E-state index contributed by atoms with van der Waals surface area (Å²) in [6.45, 7) is -0.881. The minimum Gasteiger partial charge on any atom is -0.483 e. The molecule has 184 valence electrons. The molecule has 0 bridgehead atoms. The predicted molar refractivity (Wildman–Crippen MR) is 136 cm³/mol. The third-order valence-electron chi connectivity index (χ3n) is 6.93. The quantitative estimate of drug-likeness (QED) is 0.371. The average molecular weight is 489 g/mol. The summed E-state index contributed by atoms with van der Waals surface area (Å²) in [5.74, 6) is -2.11. The van der Waals surface area contributed by atoms with E-state index < -0.39 is 5.92 Å². The lowest BCUT2D eigenvalue weighted by atomic mass is 9.72. The van der Waals surface area contributed by atoms with E-state index in [1.54, 1.807) is 11.1 Å². The highest BCUT2D eigenvalue weighted by molar-refractivity contribution is 5.97. The molecule has 1 aliphatic heterocycles. The van der Waals surface area contributed by atoms with Crippen LogP contribution in [0.3, 0.4) is 0 Å². The molecule has 2 aliphatic rings. The van der Waals surface area contributed by atoms with Crippen LogP contribution in [0.15, 0.2) is 72.9 Å². The maximum absolute atomic E-state index is 13.6. The van der Waals surface area contributed by atoms with Gasteiger partial charge < -0.3 is 15.7 Å². The minimum absolute atomic E-state index is 0.211. The second-order valence-electron chi connectivity index (χ2n) is 9.36. The zero-order valence-electron chi connectivity index (χ0n) is 19.6. The van der Waals surface area contributed by atoms with Crippen LogP contribution in [0.1, 0.15) is 24.8 Å². The van der Waals surface area contributed by atoms with Crippen molar-refractivity contribution in [2.75, 3.05) is 18.0 Å². The van der Waals surface area contributed by atoms with Crippen LogP contribution in [0.5, 0.6) is 0 Å². The number of benzene rings is 2. The normalized spacial score (nSPS) is 17.4. The molecule has 0 radical (unpaired) electrons. The van der Waals surface area contributed by atoms with Crippen molar-refractivity contribution in [1.29, 1.82) is 0 Å². The van der Waals surface area contributed by atoms with Gasteiger partial charge in [0.25, 0.3) is 12.4 Å². The number of nitrogens with zero attached hydrogens (tertiary/aromatic N) is 3. The summed E-state index contributed by atoms with van der Waals surface area (Å²) in [6.07, 6.45) is 4.84. The molecule has 6 rings (SSSR count). The fourth-order valence-corrected chi connectivity index (χ4v) is 4.86. The van der Waals surface area contributed by atoms with Crippen LogP contribution in [0.25, 0.3) is 33.3 Å². The Morgan fingerprint density at radius 2 is 1.64 bits per heavy atom. The second-order valence-corrected chi connectivity index (χ2v) is 9.36. The van der Waals surface area contributed by atoms with Gasteiger partial charge in [0, 0.05) is 28.2 Å². The van der Waals surface area contributed by atoms with E-state index in [1.165, 1.54) is 6.42 Å². The number of pyridine rings is 2. The highest BCUT2D eigenvalue weighted by Gasteiger charge is 2.45. The molecule has 1 saturated carbocycles. The molecular weight excluding hydrogens is 462 g/mol. The number of nitrogens with two attached hydrogens (primary N) is 1. The Morgan fingerprint density at radius 1 is 0.972 bits per heavy atom. The third-order valence-corrected chi connectivity index (χ3v) is 6.93. The van der Waals surface area contributed by atoms with Crippen molar-refractivity contribution in [3.05, 3.63) is 78.5 Å². The summed E-state index contributed by atoms with van der Waals surface area (Å²) in [5.41, 5.74) is 12.0. The van der Waals surface area contributed by atoms with E-state index >= 15 is 0 Å². The van der Waals surface area contributed by atoms with Crippen molar-refractivity contribution >= 4 is 23.2 Å². The van der Waals surface area contributed by atoms with Gasteiger partial charge in [-0.3, -0.25) is 4.79 Å². The molecule has 0 atom stereocenters. The molecule has 4 aromatic rings. The zero-order valence-corrected chi connectivity index (χ0v) is 19.6. The molecule has 0 unspecified atom stereocenters. The minimum atomic E-state index is -2.66. The average Bonchev–Trinajstić information content (AvgIpc) is 2.86. The van der Waals surface area contributed by atoms with E-state index in [2.05, 4.69) is 29.2 Å².